The van der Waals surface area contributed by atoms with Gasteiger partial charge >= 0.3 is 29.6 Å². The molecule has 1 N–H and O–H groups in total. The van der Waals surface area contributed by atoms with Gasteiger partial charge in [0, 0.05) is 12.5 Å². The molecule has 8 heteroatoms. The summed E-state index contributed by atoms with van der Waals surface area (Å²) in [5.41, 5.74) is 10.2. The summed E-state index contributed by atoms with van der Waals surface area (Å²) in [5.74, 6) is -0.961. The van der Waals surface area contributed by atoms with E-state index in [1.165, 1.54) is 33.8 Å². The zero-order valence-electron chi connectivity index (χ0n) is 26.0. The molecule has 6 nitrogen and oxygen atoms in total. The molecule has 1 aliphatic rings. The van der Waals surface area contributed by atoms with Gasteiger partial charge in [-0.25, -0.2) is 0 Å². The number of aryl methyl sites for hydroxylation is 4. The number of carbonyl (C=O) groups excluding carboxylic acids is 2. The summed E-state index contributed by atoms with van der Waals surface area (Å²) >= 11 is 1.52. The van der Waals surface area contributed by atoms with E-state index in [4.69, 9.17) is 0 Å². The Balaban J connectivity index is 0.000000372. The van der Waals surface area contributed by atoms with Gasteiger partial charge in [0.05, 0.1) is 22.2 Å². The number of rotatable bonds is 8. The predicted molar refractivity (Wildman–Crippen MR) is 166 cm³/mol. The van der Waals surface area contributed by atoms with Crippen molar-refractivity contribution >= 4 is 29.7 Å². The third-order valence-electron chi connectivity index (χ3n) is 7.39. The minimum Gasteiger partial charge on any atom is -0.549 e. The van der Waals surface area contributed by atoms with Gasteiger partial charge in [0.2, 0.25) is 0 Å². The Kier molecular flexibility index (Phi) is 13.4. The Morgan fingerprint density at radius 2 is 1.57 bits per heavy atom. The van der Waals surface area contributed by atoms with Crippen LogP contribution in [0.3, 0.4) is 0 Å². The number of aliphatic carboxylic acids is 1. The number of anilines is 1. The van der Waals surface area contributed by atoms with Crippen molar-refractivity contribution in [1.82, 2.24) is 4.37 Å². The van der Waals surface area contributed by atoms with Crippen molar-refractivity contribution < 1.29 is 49.0 Å². The first kappa shape index (κ1) is 35.2. The Labute approximate surface area is 276 Å². The Morgan fingerprint density at radius 3 is 2.12 bits per heavy atom. The van der Waals surface area contributed by atoms with Crippen LogP contribution in [0.2, 0.25) is 0 Å². The van der Waals surface area contributed by atoms with Crippen LogP contribution in [-0.2, 0) is 26.3 Å². The second-order valence-corrected chi connectivity index (χ2v) is 10.8. The summed E-state index contributed by atoms with van der Waals surface area (Å²) in [6.45, 7) is 13.1. The average Bonchev–Trinajstić information content (AvgIpc) is 3.72. The number of carboxylic acid groups (broad SMARTS) is 1. The van der Waals surface area contributed by atoms with E-state index < -0.39 is 11.4 Å². The molecule has 3 aromatic carbocycles. The van der Waals surface area contributed by atoms with Crippen molar-refractivity contribution in [3.63, 3.8) is 0 Å². The summed E-state index contributed by atoms with van der Waals surface area (Å²) in [6.07, 6.45) is 1.34. The Hall–Kier alpha value is -2.97. The second kappa shape index (κ2) is 16.0. The molecule has 1 saturated carbocycles. The number of nitrogens with one attached hydrogen (secondary N) is 1. The molecule has 1 aromatic heterocycles. The van der Waals surface area contributed by atoms with Crippen LogP contribution in [0.5, 0.6) is 0 Å². The maximum absolute atomic E-state index is 11.4. The van der Waals surface area contributed by atoms with Crippen molar-refractivity contribution in [3.8, 4) is 21.6 Å². The predicted octanol–water partition coefficient (Wildman–Crippen LogP) is 3.92. The van der Waals surface area contributed by atoms with Crippen LogP contribution in [0, 0.1) is 27.7 Å². The monoisotopic (exact) mass is 594 g/mol. The average molecular weight is 595 g/mol. The van der Waals surface area contributed by atoms with E-state index in [9.17, 15) is 14.7 Å². The summed E-state index contributed by atoms with van der Waals surface area (Å²) in [5, 5.41) is 14.7. The molecule has 0 atom stereocenters. The number of benzene rings is 3. The first-order chi connectivity index (χ1) is 19.7. The number of aromatic nitrogens is 1. The molecule has 0 bridgehead atoms. The van der Waals surface area contributed by atoms with E-state index in [-0.39, 0.29) is 29.6 Å². The van der Waals surface area contributed by atoms with Crippen molar-refractivity contribution in [1.29, 1.82) is 0 Å². The van der Waals surface area contributed by atoms with E-state index in [2.05, 4.69) is 40.4 Å². The smallest absolute Gasteiger partial charge is 0.549 e. The summed E-state index contributed by atoms with van der Waals surface area (Å²) in [7, 11) is 1.93. The molecule has 0 amide bonds. The van der Waals surface area contributed by atoms with E-state index in [0.717, 1.165) is 38.5 Å². The number of carboxylic acids is 1. The van der Waals surface area contributed by atoms with E-state index in [0.29, 0.717) is 25.9 Å². The fraction of sp³-hybridized carbons (Fsp3) is 0.324. The van der Waals surface area contributed by atoms with Gasteiger partial charge in [0.25, 0.3) is 6.47 Å². The zero-order chi connectivity index (χ0) is 30.2. The van der Waals surface area contributed by atoms with Crippen LogP contribution in [-0.4, -0.2) is 23.9 Å². The third-order valence-corrected chi connectivity index (χ3v) is 8.36. The number of nitrogens with zero attached hydrogens (tertiary/aromatic N) is 1. The maximum atomic E-state index is 11.4. The quantitative estimate of drug-likeness (QED) is 0.246. The molecule has 1 fully saturated rings. The molecule has 0 saturated heterocycles. The van der Waals surface area contributed by atoms with E-state index in [1.54, 1.807) is 0 Å². The van der Waals surface area contributed by atoms with E-state index >= 15 is 0 Å². The molecule has 5 rings (SSSR count). The molecule has 0 aliphatic heterocycles. The van der Waals surface area contributed by atoms with Crippen molar-refractivity contribution in [2.24, 2.45) is 0 Å². The number of hydrogen-bond acceptors (Lipinski definition) is 7. The maximum Gasteiger partial charge on any atom is 1.00 e. The first-order valence-corrected chi connectivity index (χ1v) is 14.7. The number of hydrogen-bond donors (Lipinski definition) is 1. The summed E-state index contributed by atoms with van der Waals surface area (Å²) < 4.78 is 9.11. The molecule has 0 spiro atoms. The Bertz CT molecular complexity index is 1490. The molecule has 0 unspecified atom stereocenters. The van der Waals surface area contributed by atoms with Crippen LogP contribution in [0.15, 0.2) is 60.7 Å². The van der Waals surface area contributed by atoms with Gasteiger partial charge in [-0.3, -0.25) is 4.79 Å². The van der Waals surface area contributed by atoms with Gasteiger partial charge in [-0.2, -0.15) is 4.37 Å². The molecule has 1 heterocycles. The number of carbonyl (C=O) groups is 2. The molecule has 0 radical (unpaired) electrons. The number of ether oxygens (including phenoxy) is 1. The Morgan fingerprint density at radius 1 is 0.976 bits per heavy atom. The minimum atomic E-state index is -0.961. The molecular weight excluding hydrogens is 555 g/mol. The largest absolute Gasteiger partial charge is 1.00 e. The van der Waals surface area contributed by atoms with Gasteiger partial charge < -0.3 is 20.0 Å². The zero-order valence-corrected chi connectivity index (χ0v) is 28.8. The van der Waals surface area contributed by atoms with Crippen molar-refractivity contribution in [2.45, 2.75) is 66.4 Å². The van der Waals surface area contributed by atoms with Crippen LogP contribution < -0.4 is 40.0 Å². The van der Waals surface area contributed by atoms with Crippen molar-refractivity contribution in [3.05, 3.63) is 94.2 Å². The van der Waals surface area contributed by atoms with Crippen LogP contribution in [0.4, 0.5) is 5.69 Å². The minimum absolute atomic E-state index is 0. The fourth-order valence-electron chi connectivity index (χ4n) is 4.82. The van der Waals surface area contributed by atoms with Crippen LogP contribution in [0.1, 0.15) is 60.2 Å². The van der Waals surface area contributed by atoms with Crippen molar-refractivity contribution in [2.75, 3.05) is 12.4 Å². The summed E-state index contributed by atoms with van der Waals surface area (Å²) in [4.78, 5) is 22.5. The van der Waals surface area contributed by atoms with Gasteiger partial charge in [-0.05, 0) is 103 Å². The first-order valence-electron chi connectivity index (χ1n) is 13.9. The molecule has 4 aromatic rings. The standard InChI is InChI=1S/C23H24N2O2S.C9H10O2.C2H6.Na/c1-13-12-19(21-20(24-4)15(3)25-28-21)14(2)11-18(13)16-5-7-17(8-6-16)23(9-10-23)22(26)27;1-8-4-2-3-5-9(8)6-11-7-10;1-2;/h5-8,11-12,24H,9-10H2,1-4H3,(H,26,27);2-5,7H,6H2,1H3;1-2H3;/q;;;+1/p-1. The van der Waals surface area contributed by atoms with Gasteiger partial charge in [-0.1, -0.05) is 68.4 Å². The molecule has 42 heavy (non-hydrogen) atoms. The SMILES string of the molecule is CC.CNc1c(C)nsc1-c1cc(C)c(-c2ccc(C3(C(=O)[O-])CC3)cc2)cc1C.Cc1ccccc1COC=O.[Na+]. The van der Waals surface area contributed by atoms with Crippen LogP contribution in [0.25, 0.3) is 21.6 Å². The molecular formula is C34H39N2NaO4S. The second-order valence-electron chi connectivity index (χ2n) is 9.98. The van der Waals surface area contributed by atoms with Gasteiger partial charge in [0.1, 0.15) is 6.61 Å². The van der Waals surface area contributed by atoms with Gasteiger partial charge in [0.15, 0.2) is 0 Å². The third kappa shape index (κ3) is 7.90. The molecule has 216 valence electrons. The molecule has 1 aliphatic carbocycles. The fourth-order valence-corrected chi connectivity index (χ4v) is 5.80. The van der Waals surface area contributed by atoms with Gasteiger partial charge in [-0.15, -0.1) is 0 Å². The normalized spacial score (nSPS) is 12.4. The topological polar surface area (TPSA) is 91.3 Å². The summed E-state index contributed by atoms with van der Waals surface area (Å²) in [6, 6.07) is 20.2. The van der Waals surface area contributed by atoms with E-state index in [1.807, 2.05) is 83.3 Å². The van der Waals surface area contributed by atoms with Crippen LogP contribution >= 0.6 is 11.5 Å².